The van der Waals surface area contributed by atoms with Crippen LogP contribution in [0.2, 0.25) is 0 Å². The molecule has 0 bridgehead atoms. The Labute approximate surface area is 171 Å². The van der Waals surface area contributed by atoms with Gasteiger partial charge in [0, 0.05) is 18.0 Å². The maximum atomic E-state index is 13.1. The number of carbonyl (C=O) groups excluding carboxylic acids is 1. The van der Waals surface area contributed by atoms with Crippen LogP contribution in [0, 0.1) is 0 Å². The lowest BCUT2D eigenvalue weighted by Crippen LogP contribution is -2.32. The molecule has 1 atom stereocenters. The van der Waals surface area contributed by atoms with Gasteiger partial charge in [-0.05, 0) is 18.6 Å². The van der Waals surface area contributed by atoms with Gasteiger partial charge in [0.25, 0.3) is 5.56 Å². The number of amides is 1. The molecule has 0 aliphatic heterocycles. The maximum absolute atomic E-state index is 13.1. The van der Waals surface area contributed by atoms with Gasteiger partial charge >= 0.3 is 0 Å². The normalized spacial score (nSPS) is 11.9. The number of fused-ring (bicyclic) bond motifs is 1. The average molecular weight is 412 g/mol. The molecule has 0 unspecified atom stereocenters. The lowest BCUT2D eigenvalue weighted by molar-refractivity contribution is -0.120. The molecule has 1 N–H and O–H groups in total. The fourth-order valence-electron chi connectivity index (χ4n) is 2.65. The van der Waals surface area contributed by atoms with E-state index in [-0.39, 0.29) is 11.5 Å². The van der Waals surface area contributed by atoms with Crippen LogP contribution in [0.5, 0.6) is 0 Å². The number of aromatic nitrogens is 2. The van der Waals surface area contributed by atoms with E-state index in [1.54, 1.807) is 23.6 Å². The minimum Gasteiger partial charge on any atom is -0.352 e. The van der Waals surface area contributed by atoms with Crippen molar-refractivity contribution in [2.75, 3.05) is 6.54 Å². The van der Waals surface area contributed by atoms with Crippen molar-refractivity contribution in [3.8, 4) is 10.4 Å². The van der Waals surface area contributed by atoms with Crippen LogP contribution in [0.25, 0.3) is 20.7 Å². The Kier molecular flexibility index (Phi) is 6.49. The zero-order valence-corrected chi connectivity index (χ0v) is 17.2. The summed E-state index contributed by atoms with van der Waals surface area (Å²) in [5.41, 5.74) is 0.927. The first kappa shape index (κ1) is 20.1. The third-order valence-electron chi connectivity index (χ3n) is 4.06. The Balaban J connectivity index is 2.02. The molecular weight excluding hydrogens is 390 g/mol. The van der Waals surface area contributed by atoms with Crippen molar-refractivity contribution in [2.24, 2.45) is 0 Å². The quantitative estimate of drug-likeness (QED) is 0.344. The standard InChI is InChI=1S/C21H21N3O2S2/c1-4-11-22-18(25)14(3)27-21-23-19-16(20(26)24(21)12-5-2)13-17(28-19)15-9-7-6-8-10-15/h4-10,13-14H,1-2,11-12H2,3H3,(H,22,25)/t14-/m1/s1. The van der Waals surface area contributed by atoms with Gasteiger partial charge < -0.3 is 5.32 Å². The van der Waals surface area contributed by atoms with Crippen LogP contribution < -0.4 is 10.9 Å². The predicted octanol–water partition coefficient (Wildman–Crippen LogP) is 4.09. The highest BCUT2D eigenvalue weighted by atomic mass is 32.2. The van der Waals surface area contributed by atoms with Crippen molar-refractivity contribution in [3.63, 3.8) is 0 Å². The first-order valence-electron chi connectivity index (χ1n) is 8.81. The van der Waals surface area contributed by atoms with Crippen LogP contribution in [-0.4, -0.2) is 27.3 Å². The van der Waals surface area contributed by atoms with E-state index in [0.29, 0.717) is 28.5 Å². The Hall–Kier alpha value is -2.64. The fraction of sp³-hybridized carbons (Fsp3) is 0.190. The predicted molar refractivity (Wildman–Crippen MR) is 118 cm³/mol. The maximum Gasteiger partial charge on any atom is 0.263 e. The molecule has 0 radical (unpaired) electrons. The largest absolute Gasteiger partial charge is 0.352 e. The van der Waals surface area contributed by atoms with E-state index in [2.05, 4.69) is 18.5 Å². The summed E-state index contributed by atoms with van der Waals surface area (Å²) in [5.74, 6) is -0.124. The van der Waals surface area contributed by atoms with Gasteiger partial charge in [-0.3, -0.25) is 14.2 Å². The third-order valence-corrected chi connectivity index (χ3v) is 6.23. The minimum atomic E-state index is -0.395. The Morgan fingerprint density at radius 3 is 2.75 bits per heavy atom. The van der Waals surface area contributed by atoms with Gasteiger partial charge in [-0.25, -0.2) is 4.98 Å². The lowest BCUT2D eigenvalue weighted by atomic mass is 10.2. The molecule has 0 spiro atoms. The Bertz CT molecular complexity index is 1070. The molecule has 5 nitrogen and oxygen atoms in total. The highest BCUT2D eigenvalue weighted by molar-refractivity contribution is 8.00. The van der Waals surface area contributed by atoms with Gasteiger partial charge in [0.05, 0.1) is 10.6 Å². The SMILES string of the molecule is C=CCNC(=O)[C@@H](C)Sc1nc2sc(-c3ccccc3)cc2c(=O)n1CC=C. The van der Waals surface area contributed by atoms with Crippen LogP contribution in [-0.2, 0) is 11.3 Å². The Morgan fingerprint density at radius 2 is 2.07 bits per heavy atom. The van der Waals surface area contributed by atoms with Crippen LogP contribution in [0.1, 0.15) is 6.92 Å². The molecule has 3 aromatic rings. The Morgan fingerprint density at radius 1 is 1.32 bits per heavy atom. The van der Waals surface area contributed by atoms with Crippen molar-refractivity contribution < 1.29 is 4.79 Å². The second-order valence-corrected chi connectivity index (χ2v) is 8.43. The van der Waals surface area contributed by atoms with Crippen molar-refractivity contribution in [1.82, 2.24) is 14.9 Å². The summed E-state index contributed by atoms with van der Waals surface area (Å²) >= 11 is 2.74. The molecule has 2 heterocycles. The molecule has 28 heavy (non-hydrogen) atoms. The fourth-order valence-corrected chi connectivity index (χ4v) is 4.67. The van der Waals surface area contributed by atoms with Crippen molar-refractivity contribution in [2.45, 2.75) is 23.9 Å². The van der Waals surface area contributed by atoms with E-state index in [1.807, 2.05) is 36.4 Å². The zero-order valence-electron chi connectivity index (χ0n) is 15.6. The molecule has 1 amide bonds. The second kappa shape index (κ2) is 9.03. The van der Waals surface area contributed by atoms with E-state index < -0.39 is 5.25 Å². The number of thioether (sulfide) groups is 1. The number of thiophene rings is 1. The number of nitrogens with one attached hydrogen (secondary N) is 1. The molecular formula is C21H21N3O2S2. The summed E-state index contributed by atoms with van der Waals surface area (Å²) in [7, 11) is 0. The number of carbonyl (C=O) groups is 1. The molecule has 144 valence electrons. The molecule has 0 saturated heterocycles. The topological polar surface area (TPSA) is 64.0 Å². The molecule has 0 aliphatic carbocycles. The van der Waals surface area contributed by atoms with Crippen molar-refractivity contribution in [3.05, 3.63) is 72.1 Å². The van der Waals surface area contributed by atoms with Crippen molar-refractivity contribution in [1.29, 1.82) is 0 Å². The lowest BCUT2D eigenvalue weighted by Gasteiger charge is -2.14. The zero-order chi connectivity index (χ0) is 20.1. The average Bonchev–Trinajstić information content (AvgIpc) is 3.14. The number of hydrogen-bond acceptors (Lipinski definition) is 5. The van der Waals surface area contributed by atoms with Crippen LogP contribution in [0.4, 0.5) is 0 Å². The van der Waals surface area contributed by atoms with Gasteiger partial charge in [-0.1, -0.05) is 54.2 Å². The second-order valence-electron chi connectivity index (χ2n) is 6.09. The van der Waals surface area contributed by atoms with E-state index in [0.717, 1.165) is 10.4 Å². The molecule has 2 aromatic heterocycles. The molecule has 7 heteroatoms. The number of allylic oxidation sites excluding steroid dienone is 1. The summed E-state index contributed by atoms with van der Waals surface area (Å²) in [4.78, 5) is 31.6. The van der Waals surface area contributed by atoms with Gasteiger partial charge in [-0.2, -0.15) is 0 Å². The first-order valence-corrected chi connectivity index (χ1v) is 10.5. The van der Waals surface area contributed by atoms with E-state index in [1.165, 1.54) is 23.1 Å². The summed E-state index contributed by atoms with van der Waals surface area (Å²) < 4.78 is 1.57. The number of nitrogens with zero attached hydrogens (tertiary/aromatic N) is 2. The smallest absolute Gasteiger partial charge is 0.263 e. The molecule has 1 aromatic carbocycles. The monoisotopic (exact) mass is 411 g/mol. The van der Waals surface area contributed by atoms with Crippen LogP contribution in [0.15, 0.2) is 71.7 Å². The molecule has 0 aliphatic rings. The third kappa shape index (κ3) is 4.26. The summed E-state index contributed by atoms with van der Waals surface area (Å²) in [6.07, 6.45) is 3.29. The highest BCUT2D eigenvalue weighted by Gasteiger charge is 2.20. The van der Waals surface area contributed by atoms with Crippen LogP contribution in [0.3, 0.4) is 0 Å². The molecule has 0 fully saturated rings. The van der Waals surface area contributed by atoms with Gasteiger partial charge in [0.15, 0.2) is 5.16 Å². The van der Waals surface area contributed by atoms with Crippen LogP contribution >= 0.6 is 23.1 Å². The summed E-state index contributed by atoms with van der Waals surface area (Å²) in [6, 6.07) is 11.8. The minimum absolute atomic E-state index is 0.121. The number of hydrogen-bond donors (Lipinski definition) is 1. The van der Waals surface area contributed by atoms with Gasteiger partial charge in [0.2, 0.25) is 5.91 Å². The van der Waals surface area contributed by atoms with Gasteiger partial charge in [0.1, 0.15) is 4.83 Å². The summed E-state index contributed by atoms with van der Waals surface area (Å²) in [6.45, 7) is 9.87. The molecule has 0 saturated carbocycles. The number of benzene rings is 1. The number of rotatable bonds is 8. The highest BCUT2D eigenvalue weighted by Crippen LogP contribution is 2.32. The van der Waals surface area contributed by atoms with Crippen molar-refractivity contribution >= 4 is 39.2 Å². The van der Waals surface area contributed by atoms with E-state index in [9.17, 15) is 9.59 Å². The van der Waals surface area contributed by atoms with E-state index in [4.69, 9.17) is 4.98 Å². The van der Waals surface area contributed by atoms with E-state index >= 15 is 0 Å². The molecule has 3 rings (SSSR count). The summed E-state index contributed by atoms with van der Waals surface area (Å²) in [5, 5.41) is 3.47. The van der Waals surface area contributed by atoms with Gasteiger partial charge in [-0.15, -0.1) is 24.5 Å². The first-order chi connectivity index (χ1) is 13.5.